The number of rotatable bonds is 4. The third-order valence-electron chi connectivity index (χ3n) is 3.19. The van der Waals surface area contributed by atoms with Crippen LogP contribution in [0.4, 0.5) is 4.39 Å². The van der Waals surface area contributed by atoms with Crippen molar-refractivity contribution in [3.8, 4) is 0 Å². The maximum Gasteiger partial charge on any atom is 0.143 e. The van der Waals surface area contributed by atoms with E-state index in [-0.39, 0.29) is 0 Å². The Labute approximate surface area is 127 Å². The third-order valence-corrected chi connectivity index (χ3v) is 3.80. The van der Waals surface area contributed by atoms with Crippen molar-refractivity contribution in [1.82, 2.24) is 0 Å². The molecule has 1 N–H and O–H groups in total. The number of benzene rings is 2. The van der Waals surface area contributed by atoms with Gasteiger partial charge in [0.1, 0.15) is 11.9 Å². The van der Waals surface area contributed by atoms with Gasteiger partial charge in [-0.15, -0.1) is 0 Å². The van der Waals surface area contributed by atoms with Crippen LogP contribution in [-0.2, 0) is 6.42 Å². The second-order valence-corrected chi connectivity index (χ2v) is 6.24. The Morgan fingerprint density at radius 2 is 1.85 bits per heavy atom. The molecular formula is C17H18BrFO. The Kier molecular flexibility index (Phi) is 4.95. The second kappa shape index (κ2) is 6.51. The molecule has 0 saturated carbocycles. The molecule has 0 aliphatic rings. The van der Waals surface area contributed by atoms with Gasteiger partial charge < -0.3 is 5.11 Å². The van der Waals surface area contributed by atoms with Crippen molar-refractivity contribution >= 4 is 15.9 Å². The van der Waals surface area contributed by atoms with Gasteiger partial charge in [-0.2, -0.15) is 0 Å². The van der Waals surface area contributed by atoms with Crippen LogP contribution < -0.4 is 0 Å². The molecule has 0 spiro atoms. The van der Waals surface area contributed by atoms with Gasteiger partial charge >= 0.3 is 0 Å². The summed E-state index contributed by atoms with van der Waals surface area (Å²) in [6.07, 6.45) is 0.00116. The number of hydrogen-bond donors (Lipinski definition) is 1. The molecule has 0 aromatic heterocycles. The minimum atomic E-state index is -0.945. The molecule has 2 aromatic carbocycles. The molecule has 0 aliphatic carbocycles. The fourth-order valence-electron chi connectivity index (χ4n) is 2.27. The average molecular weight is 337 g/mol. The lowest BCUT2D eigenvalue weighted by Gasteiger charge is -2.15. The van der Waals surface area contributed by atoms with E-state index in [0.717, 1.165) is 17.5 Å². The molecule has 1 unspecified atom stereocenters. The zero-order valence-corrected chi connectivity index (χ0v) is 13.2. The van der Waals surface area contributed by atoms with Gasteiger partial charge in [-0.05, 0) is 45.5 Å². The molecule has 2 rings (SSSR count). The number of aliphatic hydroxyl groups is 1. The predicted molar refractivity (Wildman–Crippen MR) is 83.1 cm³/mol. The quantitative estimate of drug-likeness (QED) is 0.844. The summed E-state index contributed by atoms with van der Waals surface area (Å²) in [7, 11) is 0. The van der Waals surface area contributed by atoms with Crippen LogP contribution in [0.15, 0.2) is 46.9 Å². The van der Waals surface area contributed by atoms with Gasteiger partial charge in [0.05, 0.1) is 4.47 Å². The Balaban J connectivity index is 2.33. The molecule has 0 amide bonds. The average Bonchev–Trinajstić information content (AvgIpc) is 2.41. The predicted octanol–water partition coefficient (Wildman–Crippen LogP) is 4.87. The van der Waals surface area contributed by atoms with E-state index in [4.69, 9.17) is 0 Å². The molecule has 2 aromatic rings. The fourth-order valence-corrected chi connectivity index (χ4v) is 2.65. The molecule has 0 saturated heterocycles. The summed E-state index contributed by atoms with van der Waals surface area (Å²) < 4.78 is 14.4. The minimum Gasteiger partial charge on any atom is -0.384 e. The van der Waals surface area contributed by atoms with Gasteiger partial charge in [0.15, 0.2) is 0 Å². The van der Waals surface area contributed by atoms with Crippen molar-refractivity contribution in [2.24, 2.45) is 5.92 Å². The van der Waals surface area contributed by atoms with Crippen LogP contribution in [0.5, 0.6) is 0 Å². The lowest BCUT2D eigenvalue weighted by atomic mass is 9.96. The Hall–Kier alpha value is -1.19. The molecule has 0 heterocycles. The Morgan fingerprint density at radius 3 is 2.55 bits per heavy atom. The van der Waals surface area contributed by atoms with E-state index in [0.29, 0.717) is 16.0 Å². The third kappa shape index (κ3) is 3.47. The summed E-state index contributed by atoms with van der Waals surface area (Å²) in [5.74, 6) is 0.138. The fraction of sp³-hybridized carbons (Fsp3) is 0.294. The van der Waals surface area contributed by atoms with Crippen molar-refractivity contribution in [2.45, 2.75) is 26.4 Å². The van der Waals surface area contributed by atoms with Crippen LogP contribution in [0, 0.1) is 11.7 Å². The molecule has 106 valence electrons. The van der Waals surface area contributed by atoms with Crippen molar-refractivity contribution in [3.05, 3.63) is 69.4 Å². The first kappa shape index (κ1) is 15.2. The summed E-state index contributed by atoms with van der Waals surface area (Å²) in [4.78, 5) is 0. The van der Waals surface area contributed by atoms with E-state index >= 15 is 0 Å². The Morgan fingerprint density at radius 1 is 1.15 bits per heavy atom. The number of halogens is 2. The van der Waals surface area contributed by atoms with Crippen LogP contribution in [-0.4, -0.2) is 5.11 Å². The first-order chi connectivity index (χ1) is 9.49. The lowest BCUT2D eigenvalue weighted by Crippen LogP contribution is -2.04. The molecule has 20 heavy (non-hydrogen) atoms. The van der Waals surface area contributed by atoms with Crippen LogP contribution in [0.25, 0.3) is 0 Å². The highest BCUT2D eigenvalue weighted by molar-refractivity contribution is 9.10. The van der Waals surface area contributed by atoms with E-state index in [2.05, 4.69) is 29.8 Å². The van der Waals surface area contributed by atoms with Gasteiger partial charge in [-0.3, -0.25) is 0 Å². The maximum atomic E-state index is 14.0. The molecule has 0 aliphatic heterocycles. The van der Waals surface area contributed by atoms with Gasteiger partial charge in [0.2, 0.25) is 0 Å². The van der Waals surface area contributed by atoms with Gasteiger partial charge in [0, 0.05) is 5.56 Å². The SMILES string of the molecule is CC(C)Cc1cccc(C(O)c2cccc(Br)c2F)c1. The molecular weight excluding hydrogens is 319 g/mol. The van der Waals surface area contributed by atoms with Crippen molar-refractivity contribution < 1.29 is 9.50 Å². The largest absolute Gasteiger partial charge is 0.384 e. The molecule has 3 heteroatoms. The maximum absolute atomic E-state index is 14.0. The molecule has 1 atom stereocenters. The molecule has 0 radical (unpaired) electrons. The first-order valence-corrected chi connectivity index (χ1v) is 7.49. The number of aliphatic hydroxyl groups excluding tert-OH is 1. The molecule has 0 bridgehead atoms. The van der Waals surface area contributed by atoms with Crippen LogP contribution >= 0.6 is 15.9 Å². The van der Waals surface area contributed by atoms with E-state index in [1.165, 1.54) is 0 Å². The lowest BCUT2D eigenvalue weighted by molar-refractivity contribution is 0.214. The van der Waals surface area contributed by atoms with Crippen molar-refractivity contribution in [1.29, 1.82) is 0 Å². The zero-order valence-electron chi connectivity index (χ0n) is 11.6. The van der Waals surface area contributed by atoms with E-state index in [9.17, 15) is 9.50 Å². The summed E-state index contributed by atoms with van der Waals surface area (Å²) in [5, 5.41) is 10.4. The summed E-state index contributed by atoms with van der Waals surface area (Å²) in [6.45, 7) is 4.30. The highest BCUT2D eigenvalue weighted by Gasteiger charge is 2.17. The first-order valence-electron chi connectivity index (χ1n) is 6.70. The second-order valence-electron chi connectivity index (χ2n) is 5.39. The van der Waals surface area contributed by atoms with Gasteiger partial charge in [-0.25, -0.2) is 4.39 Å². The van der Waals surface area contributed by atoms with E-state index in [1.54, 1.807) is 18.2 Å². The van der Waals surface area contributed by atoms with Crippen molar-refractivity contribution in [2.75, 3.05) is 0 Å². The van der Waals surface area contributed by atoms with Crippen molar-refractivity contribution in [3.63, 3.8) is 0 Å². The minimum absolute atomic E-state index is 0.293. The van der Waals surface area contributed by atoms with Gasteiger partial charge in [-0.1, -0.05) is 50.2 Å². The molecule has 0 fully saturated rings. The monoisotopic (exact) mass is 336 g/mol. The van der Waals surface area contributed by atoms with Crippen LogP contribution in [0.2, 0.25) is 0 Å². The topological polar surface area (TPSA) is 20.2 Å². The highest BCUT2D eigenvalue weighted by Crippen LogP contribution is 2.28. The Bertz CT molecular complexity index is 595. The summed E-state index contributed by atoms with van der Waals surface area (Å²) in [6, 6.07) is 12.7. The van der Waals surface area contributed by atoms with E-state index in [1.807, 2.05) is 24.3 Å². The van der Waals surface area contributed by atoms with Crippen LogP contribution in [0.1, 0.15) is 36.6 Å². The summed E-state index contributed by atoms with van der Waals surface area (Å²) >= 11 is 3.15. The smallest absolute Gasteiger partial charge is 0.143 e. The normalized spacial score (nSPS) is 12.7. The number of hydrogen-bond acceptors (Lipinski definition) is 1. The van der Waals surface area contributed by atoms with Gasteiger partial charge in [0.25, 0.3) is 0 Å². The zero-order chi connectivity index (χ0) is 14.7. The highest BCUT2D eigenvalue weighted by atomic mass is 79.9. The summed E-state index contributed by atoms with van der Waals surface area (Å²) in [5.41, 5.74) is 2.17. The standard InChI is InChI=1S/C17H18BrFO/c1-11(2)9-12-5-3-6-13(10-12)17(20)14-7-4-8-15(18)16(14)19/h3-8,10-11,17,20H,9H2,1-2H3. The van der Waals surface area contributed by atoms with Crippen LogP contribution in [0.3, 0.4) is 0 Å². The van der Waals surface area contributed by atoms with E-state index < -0.39 is 11.9 Å². The molecule has 1 nitrogen and oxygen atoms in total.